The molecule has 0 aliphatic rings. The van der Waals surface area contributed by atoms with Gasteiger partial charge in [-0.3, -0.25) is 9.36 Å². The van der Waals surface area contributed by atoms with Gasteiger partial charge < -0.3 is 5.32 Å². The van der Waals surface area contributed by atoms with Crippen LogP contribution in [0.4, 0.5) is 0 Å². The van der Waals surface area contributed by atoms with Crippen LogP contribution >= 0.6 is 0 Å². The number of carbonyl (C=O) groups is 1. The molecule has 3 aromatic rings. The molecule has 7 nitrogen and oxygen atoms in total. The minimum atomic E-state index is -3.18. The van der Waals surface area contributed by atoms with E-state index in [1.54, 1.807) is 14.0 Å². The van der Waals surface area contributed by atoms with E-state index < -0.39 is 10.0 Å². The number of fused-ring (bicyclic) bond motifs is 1. The fraction of sp³-hybridized carbons (Fsp3) is 0.364. The van der Waals surface area contributed by atoms with Crippen LogP contribution in [0, 0.1) is 0 Å². The quantitative estimate of drug-likeness (QED) is 0.503. The van der Waals surface area contributed by atoms with Gasteiger partial charge in [0.25, 0.3) is 0 Å². The normalized spacial score (nSPS) is 11.8. The topological polar surface area (TPSA) is 84.3 Å². The molecular weight excluding hydrogens is 400 g/mol. The number of carbonyl (C=O) groups excluding carboxylic acids is 1. The van der Waals surface area contributed by atoms with Crippen molar-refractivity contribution in [2.75, 3.05) is 25.9 Å². The monoisotopic (exact) mass is 428 g/mol. The summed E-state index contributed by atoms with van der Waals surface area (Å²) in [6.07, 6.45) is 1.41. The SMILES string of the molecule is CCS(=O)(=O)N(C)CCCNC(=O)CCc1nc2ccccc2n1-c1ccccc1. The first kappa shape index (κ1) is 22.0. The van der Waals surface area contributed by atoms with Crippen molar-refractivity contribution in [1.82, 2.24) is 19.2 Å². The maximum absolute atomic E-state index is 12.3. The Morgan fingerprint density at radius 1 is 1.10 bits per heavy atom. The molecule has 1 amide bonds. The Labute approximate surface area is 177 Å². The number of rotatable bonds is 10. The van der Waals surface area contributed by atoms with E-state index in [1.807, 2.05) is 54.6 Å². The highest BCUT2D eigenvalue weighted by molar-refractivity contribution is 7.89. The zero-order valence-electron chi connectivity index (χ0n) is 17.4. The highest BCUT2D eigenvalue weighted by Crippen LogP contribution is 2.22. The molecule has 0 spiro atoms. The fourth-order valence-corrected chi connectivity index (χ4v) is 4.16. The molecule has 160 valence electrons. The molecule has 0 bridgehead atoms. The van der Waals surface area contributed by atoms with Gasteiger partial charge in [-0.25, -0.2) is 17.7 Å². The average Bonchev–Trinajstić information content (AvgIpc) is 3.14. The van der Waals surface area contributed by atoms with Gasteiger partial charge >= 0.3 is 0 Å². The molecule has 30 heavy (non-hydrogen) atoms. The van der Waals surface area contributed by atoms with Crippen LogP contribution < -0.4 is 5.32 Å². The van der Waals surface area contributed by atoms with Gasteiger partial charge in [0, 0.05) is 38.7 Å². The van der Waals surface area contributed by atoms with E-state index in [2.05, 4.69) is 9.88 Å². The summed E-state index contributed by atoms with van der Waals surface area (Å²) in [5.41, 5.74) is 2.93. The second-order valence-corrected chi connectivity index (χ2v) is 9.48. The lowest BCUT2D eigenvalue weighted by Gasteiger charge is -2.15. The second-order valence-electron chi connectivity index (χ2n) is 7.11. The molecule has 0 fully saturated rings. The van der Waals surface area contributed by atoms with Crippen molar-refractivity contribution in [1.29, 1.82) is 0 Å². The van der Waals surface area contributed by atoms with Crippen LogP contribution in [0.15, 0.2) is 54.6 Å². The number of aryl methyl sites for hydroxylation is 1. The molecule has 0 atom stereocenters. The number of nitrogens with one attached hydrogen (secondary N) is 1. The predicted molar refractivity (Wildman–Crippen MR) is 119 cm³/mol. The Morgan fingerprint density at radius 2 is 1.80 bits per heavy atom. The van der Waals surface area contributed by atoms with Crippen molar-refractivity contribution in [2.24, 2.45) is 0 Å². The lowest BCUT2D eigenvalue weighted by atomic mass is 10.2. The van der Waals surface area contributed by atoms with Gasteiger partial charge in [-0.1, -0.05) is 30.3 Å². The van der Waals surface area contributed by atoms with E-state index in [4.69, 9.17) is 4.98 Å². The summed E-state index contributed by atoms with van der Waals surface area (Å²) >= 11 is 0. The number of nitrogens with zero attached hydrogens (tertiary/aromatic N) is 3. The van der Waals surface area contributed by atoms with E-state index in [0.29, 0.717) is 32.4 Å². The Morgan fingerprint density at radius 3 is 2.53 bits per heavy atom. The predicted octanol–water partition coefficient (Wildman–Crippen LogP) is 2.75. The fourth-order valence-electron chi connectivity index (χ4n) is 3.31. The number of para-hydroxylation sites is 3. The first-order chi connectivity index (χ1) is 14.4. The van der Waals surface area contributed by atoms with Gasteiger partial charge in [-0.15, -0.1) is 0 Å². The van der Waals surface area contributed by atoms with E-state index in [1.165, 1.54) is 4.31 Å². The lowest BCUT2D eigenvalue weighted by molar-refractivity contribution is -0.121. The zero-order chi connectivity index (χ0) is 21.6. The first-order valence-corrected chi connectivity index (χ1v) is 11.8. The Bertz CT molecular complexity index is 1090. The van der Waals surface area contributed by atoms with Crippen molar-refractivity contribution in [3.8, 4) is 5.69 Å². The van der Waals surface area contributed by atoms with Crippen molar-refractivity contribution >= 4 is 27.0 Å². The van der Waals surface area contributed by atoms with E-state index >= 15 is 0 Å². The molecule has 0 radical (unpaired) electrons. The Kier molecular flexibility index (Phi) is 7.23. The van der Waals surface area contributed by atoms with Crippen LogP contribution in [0.1, 0.15) is 25.6 Å². The third-order valence-corrected chi connectivity index (χ3v) is 6.89. The number of hydrogen-bond donors (Lipinski definition) is 1. The number of sulfonamides is 1. The summed E-state index contributed by atoms with van der Waals surface area (Å²) in [6.45, 7) is 2.45. The van der Waals surface area contributed by atoms with E-state index in [-0.39, 0.29) is 11.7 Å². The number of aromatic nitrogens is 2. The van der Waals surface area contributed by atoms with Crippen LogP contribution in [0.5, 0.6) is 0 Å². The molecule has 0 unspecified atom stereocenters. The summed E-state index contributed by atoms with van der Waals surface area (Å²) in [5.74, 6) is 0.854. The third-order valence-electron chi connectivity index (χ3n) is 5.03. The smallest absolute Gasteiger partial charge is 0.220 e. The Hall–Kier alpha value is -2.71. The van der Waals surface area contributed by atoms with Crippen LogP contribution in [-0.2, 0) is 21.2 Å². The summed E-state index contributed by atoms with van der Waals surface area (Å²) in [5, 5.41) is 2.87. The first-order valence-electron chi connectivity index (χ1n) is 10.1. The zero-order valence-corrected chi connectivity index (χ0v) is 18.2. The van der Waals surface area contributed by atoms with Crippen molar-refractivity contribution in [2.45, 2.75) is 26.2 Å². The summed E-state index contributed by atoms with van der Waals surface area (Å²) in [4.78, 5) is 17.0. The van der Waals surface area contributed by atoms with Crippen molar-refractivity contribution < 1.29 is 13.2 Å². The van der Waals surface area contributed by atoms with Gasteiger partial charge in [-0.05, 0) is 37.6 Å². The van der Waals surface area contributed by atoms with Crippen LogP contribution in [0.2, 0.25) is 0 Å². The molecule has 3 rings (SSSR count). The molecule has 1 aromatic heterocycles. The molecule has 0 aliphatic heterocycles. The van der Waals surface area contributed by atoms with E-state index in [9.17, 15) is 13.2 Å². The van der Waals surface area contributed by atoms with Gasteiger partial charge in [-0.2, -0.15) is 0 Å². The highest BCUT2D eigenvalue weighted by Gasteiger charge is 2.15. The van der Waals surface area contributed by atoms with Crippen molar-refractivity contribution in [3.63, 3.8) is 0 Å². The minimum Gasteiger partial charge on any atom is -0.356 e. The molecule has 0 saturated carbocycles. The average molecular weight is 429 g/mol. The van der Waals surface area contributed by atoms with Gasteiger partial charge in [0.15, 0.2) is 0 Å². The maximum Gasteiger partial charge on any atom is 0.220 e. The van der Waals surface area contributed by atoms with Crippen LogP contribution in [-0.4, -0.2) is 54.1 Å². The minimum absolute atomic E-state index is 0.0670. The summed E-state index contributed by atoms with van der Waals surface area (Å²) < 4.78 is 26.9. The summed E-state index contributed by atoms with van der Waals surface area (Å²) in [7, 11) is -1.62. The molecular formula is C22H28N4O3S. The largest absolute Gasteiger partial charge is 0.356 e. The molecule has 1 N–H and O–H groups in total. The molecule has 1 heterocycles. The molecule has 0 aliphatic carbocycles. The molecule has 8 heteroatoms. The van der Waals surface area contributed by atoms with Crippen molar-refractivity contribution in [3.05, 3.63) is 60.4 Å². The molecule has 2 aromatic carbocycles. The Balaban J connectivity index is 1.59. The van der Waals surface area contributed by atoms with E-state index in [0.717, 1.165) is 22.5 Å². The lowest BCUT2D eigenvalue weighted by Crippen LogP contribution is -2.32. The van der Waals surface area contributed by atoms with Crippen LogP contribution in [0.3, 0.4) is 0 Å². The number of imidazole rings is 1. The number of amides is 1. The highest BCUT2D eigenvalue weighted by atomic mass is 32.2. The number of benzene rings is 2. The maximum atomic E-state index is 12.3. The third kappa shape index (κ3) is 5.25. The second kappa shape index (κ2) is 9.86. The van der Waals surface area contributed by atoms with Gasteiger partial charge in [0.1, 0.15) is 5.82 Å². The summed E-state index contributed by atoms with van der Waals surface area (Å²) in [6, 6.07) is 17.9. The van der Waals surface area contributed by atoms with Gasteiger partial charge in [0.2, 0.25) is 15.9 Å². The standard InChI is InChI=1S/C22H28N4O3S/c1-3-30(28,29)25(2)17-9-16-23-22(27)15-14-21-24-19-12-7-8-13-20(19)26(21)18-10-5-4-6-11-18/h4-8,10-13H,3,9,14-17H2,1-2H3,(H,23,27). The molecule has 0 saturated heterocycles. The van der Waals surface area contributed by atoms with Gasteiger partial charge in [0.05, 0.1) is 16.8 Å². The number of hydrogen-bond acceptors (Lipinski definition) is 4. The van der Waals surface area contributed by atoms with Crippen LogP contribution in [0.25, 0.3) is 16.7 Å².